The van der Waals surface area contributed by atoms with Gasteiger partial charge in [-0.2, -0.15) is 31.4 Å². The Hall–Kier alpha value is -2.63. The number of nitrogens with zero attached hydrogens (tertiary/aromatic N) is 4. The lowest BCUT2D eigenvalue weighted by molar-refractivity contribution is -0.250. The van der Waals surface area contributed by atoms with Gasteiger partial charge in [-0.25, -0.2) is 9.67 Å². The van der Waals surface area contributed by atoms with Crippen LogP contribution in [0.4, 0.5) is 26.3 Å². The molecule has 1 N–H and O–H groups in total. The summed E-state index contributed by atoms with van der Waals surface area (Å²) in [5, 5.41) is 13.8. The van der Waals surface area contributed by atoms with Gasteiger partial charge in [0.25, 0.3) is 5.91 Å². The Bertz CT molecular complexity index is 897. The molecule has 1 amide bonds. The summed E-state index contributed by atoms with van der Waals surface area (Å²) in [6.45, 7) is 0.461. The van der Waals surface area contributed by atoms with Crippen LogP contribution < -0.4 is 0 Å². The van der Waals surface area contributed by atoms with Crippen LogP contribution in [-0.2, 0) is 11.0 Å². The number of hydrogen-bond acceptors (Lipinski definition) is 4. The number of alkyl halides is 6. The summed E-state index contributed by atoms with van der Waals surface area (Å²) in [4.78, 5) is 16.8. The van der Waals surface area contributed by atoms with Gasteiger partial charge in [0.05, 0.1) is 11.3 Å². The van der Waals surface area contributed by atoms with Crippen LogP contribution in [0.5, 0.6) is 0 Å². The molecule has 30 heavy (non-hydrogen) atoms. The lowest BCUT2D eigenvalue weighted by Crippen LogP contribution is -2.57. The number of pyridine rings is 1. The van der Waals surface area contributed by atoms with Gasteiger partial charge in [-0.15, -0.1) is 0 Å². The molecule has 1 aliphatic heterocycles. The minimum absolute atomic E-state index is 0.0150. The van der Waals surface area contributed by atoms with E-state index >= 15 is 0 Å². The van der Waals surface area contributed by atoms with Crippen molar-refractivity contribution in [2.75, 3.05) is 13.1 Å². The first-order valence-electron chi connectivity index (χ1n) is 8.98. The lowest BCUT2D eigenvalue weighted by Gasteiger charge is -2.36. The highest BCUT2D eigenvalue weighted by Crippen LogP contribution is 2.34. The van der Waals surface area contributed by atoms with Crippen LogP contribution in [0.1, 0.15) is 36.9 Å². The maximum atomic E-state index is 12.9. The SMILES string of the molecule is CC(O)(C(=O)N1CCC(c2ccn(-c3ccc(C(F)(F)F)cn3)n2)CC1)C(F)(F)F. The van der Waals surface area contributed by atoms with Crippen molar-refractivity contribution >= 4 is 5.91 Å². The van der Waals surface area contributed by atoms with Crippen molar-refractivity contribution in [2.24, 2.45) is 0 Å². The summed E-state index contributed by atoms with van der Waals surface area (Å²) in [6.07, 6.45) is -6.68. The Kier molecular flexibility index (Phi) is 5.56. The number of piperidine rings is 1. The second-order valence-electron chi connectivity index (χ2n) is 7.22. The quantitative estimate of drug-likeness (QED) is 0.750. The highest BCUT2D eigenvalue weighted by atomic mass is 19.4. The third kappa shape index (κ3) is 4.27. The third-order valence-electron chi connectivity index (χ3n) is 5.09. The molecule has 0 bridgehead atoms. The van der Waals surface area contributed by atoms with Crippen molar-refractivity contribution in [3.63, 3.8) is 0 Å². The Morgan fingerprint density at radius 2 is 1.73 bits per heavy atom. The van der Waals surface area contributed by atoms with E-state index in [2.05, 4.69) is 10.1 Å². The minimum atomic E-state index is -5.08. The second-order valence-corrected chi connectivity index (χ2v) is 7.22. The zero-order valence-electron chi connectivity index (χ0n) is 15.7. The first-order chi connectivity index (χ1) is 13.8. The van der Waals surface area contributed by atoms with Gasteiger partial charge in [-0.05, 0) is 38.0 Å². The van der Waals surface area contributed by atoms with Crippen molar-refractivity contribution in [3.8, 4) is 5.82 Å². The molecule has 1 saturated heterocycles. The first-order valence-corrected chi connectivity index (χ1v) is 8.98. The summed E-state index contributed by atoms with van der Waals surface area (Å²) < 4.78 is 77.8. The maximum absolute atomic E-state index is 12.9. The van der Waals surface area contributed by atoms with E-state index in [4.69, 9.17) is 0 Å². The fourth-order valence-corrected chi connectivity index (χ4v) is 3.18. The van der Waals surface area contributed by atoms with E-state index in [1.807, 2.05) is 0 Å². The van der Waals surface area contributed by atoms with E-state index < -0.39 is 29.4 Å². The highest BCUT2D eigenvalue weighted by Gasteiger charge is 2.57. The number of rotatable bonds is 3. The molecule has 1 fully saturated rings. The first kappa shape index (κ1) is 22.1. The largest absolute Gasteiger partial charge is 0.426 e. The molecule has 6 nitrogen and oxygen atoms in total. The Balaban J connectivity index is 1.65. The third-order valence-corrected chi connectivity index (χ3v) is 5.09. The van der Waals surface area contributed by atoms with Gasteiger partial charge >= 0.3 is 12.4 Å². The van der Waals surface area contributed by atoms with Gasteiger partial charge in [0.15, 0.2) is 5.82 Å². The predicted molar refractivity (Wildman–Crippen MR) is 91.6 cm³/mol. The summed E-state index contributed by atoms with van der Waals surface area (Å²) in [7, 11) is 0. The molecule has 164 valence electrons. The predicted octanol–water partition coefficient (Wildman–Crippen LogP) is 3.31. The molecule has 0 spiro atoms. The van der Waals surface area contributed by atoms with Crippen LogP contribution >= 0.6 is 0 Å². The van der Waals surface area contributed by atoms with Crippen molar-refractivity contribution in [1.82, 2.24) is 19.7 Å². The zero-order valence-corrected chi connectivity index (χ0v) is 15.7. The second kappa shape index (κ2) is 7.56. The molecule has 1 atom stereocenters. The number of aromatic nitrogens is 3. The normalized spacial score (nSPS) is 18.3. The Labute approximate surface area is 167 Å². The van der Waals surface area contributed by atoms with Crippen molar-refractivity contribution in [2.45, 2.75) is 43.6 Å². The van der Waals surface area contributed by atoms with Crippen LogP contribution in [-0.4, -0.2) is 55.5 Å². The summed E-state index contributed by atoms with van der Waals surface area (Å²) in [5.74, 6) is -1.36. The van der Waals surface area contributed by atoms with E-state index in [1.165, 1.54) is 16.9 Å². The monoisotopic (exact) mass is 436 g/mol. The van der Waals surface area contributed by atoms with Crippen LogP contribution in [0.3, 0.4) is 0 Å². The lowest BCUT2D eigenvalue weighted by atomic mass is 9.92. The summed E-state index contributed by atoms with van der Waals surface area (Å²) in [6, 6.07) is 3.72. The number of halogens is 6. The number of carbonyl (C=O) groups excluding carboxylic acids is 1. The van der Waals surface area contributed by atoms with Crippen molar-refractivity contribution in [1.29, 1.82) is 0 Å². The Morgan fingerprint density at radius 1 is 1.10 bits per heavy atom. The molecule has 12 heteroatoms. The molecule has 0 radical (unpaired) electrons. The zero-order chi connectivity index (χ0) is 22.3. The van der Waals surface area contributed by atoms with Gasteiger partial charge in [0, 0.05) is 31.4 Å². The van der Waals surface area contributed by atoms with E-state index in [9.17, 15) is 36.2 Å². The number of aliphatic hydroxyl groups is 1. The minimum Gasteiger partial charge on any atom is -0.373 e. The molecule has 0 aliphatic carbocycles. The molecule has 2 aromatic heterocycles. The van der Waals surface area contributed by atoms with E-state index in [0.717, 1.165) is 11.0 Å². The fourth-order valence-electron chi connectivity index (χ4n) is 3.18. The molecule has 1 aliphatic rings. The number of amides is 1. The number of hydrogen-bond donors (Lipinski definition) is 1. The van der Waals surface area contributed by atoms with Gasteiger partial charge in [-0.3, -0.25) is 4.79 Å². The van der Waals surface area contributed by atoms with E-state index in [-0.39, 0.29) is 24.8 Å². The molecule has 0 aromatic carbocycles. The maximum Gasteiger partial charge on any atom is 0.426 e. The smallest absolute Gasteiger partial charge is 0.373 e. The van der Waals surface area contributed by atoms with Crippen molar-refractivity contribution in [3.05, 3.63) is 41.9 Å². The van der Waals surface area contributed by atoms with Crippen LogP contribution in [0, 0.1) is 0 Å². The molecular weight excluding hydrogens is 418 g/mol. The number of likely N-dealkylation sites (tertiary alicyclic amines) is 1. The Morgan fingerprint density at radius 3 is 2.23 bits per heavy atom. The standard InChI is InChI=1S/C18H18F6N4O2/c1-16(30,18(22,23)24)15(29)27-7-4-11(5-8-27)13-6-9-28(26-13)14-3-2-12(10-25-14)17(19,20)21/h2-3,6,9-11,30H,4-5,7-8H2,1H3. The molecule has 1 unspecified atom stereocenters. The number of carbonyl (C=O) groups is 1. The van der Waals surface area contributed by atoms with E-state index in [1.54, 1.807) is 6.07 Å². The molecule has 2 aromatic rings. The molecular formula is C18H18F6N4O2. The van der Waals surface area contributed by atoms with Gasteiger partial charge in [-0.1, -0.05) is 0 Å². The molecule has 3 rings (SSSR count). The van der Waals surface area contributed by atoms with Crippen molar-refractivity contribution < 1.29 is 36.2 Å². The van der Waals surface area contributed by atoms with Crippen LogP contribution in [0.25, 0.3) is 5.82 Å². The molecule has 0 saturated carbocycles. The van der Waals surface area contributed by atoms with Gasteiger partial charge in [0.1, 0.15) is 0 Å². The van der Waals surface area contributed by atoms with E-state index in [0.29, 0.717) is 31.7 Å². The topological polar surface area (TPSA) is 71.2 Å². The van der Waals surface area contributed by atoms with Gasteiger partial charge in [0.2, 0.25) is 5.60 Å². The van der Waals surface area contributed by atoms with Crippen LogP contribution in [0.2, 0.25) is 0 Å². The molecule has 3 heterocycles. The highest BCUT2D eigenvalue weighted by molar-refractivity contribution is 5.85. The van der Waals surface area contributed by atoms with Crippen LogP contribution in [0.15, 0.2) is 30.6 Å². The van der Waals surface area contributed by atoms with Gasteiger partial charge < -0.3 is 10.0 Å². The average Bonchev–Trinajstić information content (AvgIpc) is 3.16. The fraction of sp³-hybridized carbons (Fsp3) is 0.500. The summed E-state index contributed by atoms with van der Waals surface area (Å²) >= 11 is 0. The average molecular weight is 436 g/mol. The summed E-state index contributed by atoms with van der Waals surface area (Å²) in [5.41, 5.74) is -3.74.